The second kappa shape index (κ2) is 13.6. The first-order chi connectivity index (χ1) is 9.93. The van der Waals surface area contributed by atoms with Crippen LogP contribution >= 0.6 is 15.9 Å². The molecule has 0 unspecified atom stereocenters. The number of unbranched alkanes of at least 4 members (excludes halogenated alkanes) is 6. The summed E-state index contributed by atoms with van der Waals surface area (Å²) in [6, 6.07) is 6.15. The van der Waals surface area contributed by atoms with Crippen LogP contribution in [0, 0.1) is 0 Å². The van der Waals surface area contributed by atoms with Crippen LogP contribution in [0.5, 0.6) is 0 Å². The van der Waals surface area contributed by atoms with Crippen molar-refractivity contribution in [1.29, 1.82) is 0 Å². The van der Waals surface area contributed by atoms with Crippen LogP contribution in [0.3, 0.4) is 0 Å². The van der Waals surface area contributed by atoms with Crippen LogP contribution < -0.4 is 0 Å². The summed E-state index contributed by atoms with van der Waals surface area (Å²) in [6.45, 7) is 1.87. The van der Waals surface area contributed by atoms with Gasteiger partial charge >= 0.3 is 0 Å². The van der Waals surface area contributed by atoms with Gasteiger partial charge in [0.15, 0.2) is 0 Å². The molecule has 1 aromatic rings. The predicted molar refractivity (Wildman–Crippen MR) is 89.5 cm³/mol. The van der Waals surface area contributed by atoms with Crippen LogP contribution in [-0.2, 0) is 11.2 Å². The molecule has 0 radical (unpaired) electrons. The molecule has 0 fully saturated rings. The maximum absolute atomic E-state index is 5.65. The molecule has 114 valence electrons. The topological polar surface area (TPSA) is 22.1 Å². The molecule has 1 heterocycles. The SMILES string of the molecule is BrCCCCCCOCCCCCCc1ccccn1. The number of nitrogens with zero attached hydrogens (tertiary/aromatic N) is 1. The molecule has 1 rings (SSSR count). The van der Waals surface area contributed by atoms with Gasteiger partial charge in [-0.25, -0.2) is 0 Å². The van der Waals surface area contributed by atoms with Gasteiger partial charge < -0.3 is 4.74 Å². The van der Waals surface area contributed by atoms with Crippen molar-refractivity contribution in [3.63, 3.8) is 0 Å². The van der Waals surface area contributed by atoms with Crippen molar-refractivity contribution < 1.29 is 4.74 Å². The minimum atomic E-state index is 0.933. The predicted octanol–water partition coefficient (Wildman–Crippen LogP) is 5.16. The summed E-state index contributed by atoms with van der Waals surface area (Å²) in [5, 5.41) is 1.13. The minimum Gasteiger partial charge on any atom is -0.381 e. The zero-order chi connectivity index (χ0) is 14.3. The van der Waals surface area contributed by atoms with Gasteiger partial charge in [-0.3, -0.25) is 4.98 Å². The molecule has 20 heavy (non-hydrogen) atoms. The summed E-state index contributed by atoms with van der Waals surface area (Å²) in [6.07, 6.45) is 13.1. The van der Waals surface area contributed by atoms with Crippen molar-refractivity contribution in [3.8, 4) is 0 Å². The van der Waals surface area contributed by atoms with E-state index >= 15 is 0 Å². The Morgan fingerprint density at radius 2 is 1.55 bits per heavy atom. The first kappa shape index (κ1) is 17.6. The third-order valence-electron chi connectivity index (χ3n) is 3.37. The highest BCUT2D eigenvalue weighted by Gasteiger charge is 1.95. The zero-order valence-electron chi connectivity index (χ0n) is 12.5. The van der Waals surface area contributed by atoms with Crippen LogP contribution in [0.4, 0.5) is 0 Å². The third kappa shape index (κ3) is 10.4. The highest BCUT2D eigenvalue weighted by molar-refractivity contribution is 9.09. The fourth-order valence-electron chi connectivity index (χ4n) is 2.16. The average Bonchev–Trinajstić information content (AvgIpc) is 2.49. The molecule has 2 nitrogen and oxygen atoms in total. The number of hydrogen-bond donors (Lipinski definition) is 0. The zero-order valence-corrected chi connectivity index (χ0v) is 14.1. The first-order valence-corrected chi connectivity index (χ1v) is 9.09. The molecule has 0 saturated heterocycles. The molecule has 0 amide bonds. The number of pyridine rings is 1. The maximum Gasteiger partial charge on any atom is 0.0466 e. The van der Waals surface area contributed by atoms with E-state index in [1.807, 2.05) is 12.3 Å². The molecule has 0 N–H and O–H groups in total. The summed E-state index contributed by atoms with van der Waals surface area (Å²) < 4.78 is 5.65. The summed E-state index contributed by atoms with van der Waals surface area (Å²) >= 11 is 3.45. The molecule has 0 atom stereocenters. The van der Waals surface area contributed by atoms with E-state index in [0.717, 1.165) is 25.0 Å². The van der Waals surface area contributed by atoms with Crippen LogP contribution in [0.15, 0.2) is 24.4 Å². The molecule has 3 heteroatoms. The van der Waals surface area contributed by atoms with Crippen molar-refractivity contribution in [1.82, 2.24) is 4.98 Å². The lowest BCUT2D eigenvalue weighted by Crippen LogP contribution is -1.97. The standard InChI is InChI=1S/C17H28BrNO/c18-13-7-2-4-10-16-20-15-9-3-1-5-11-17-12-6-8-14-19-17/h6,8,12,14H,1-5,7,9-11,13,15-16H2. The van der Waals surface area contributed by atoms with E-state index in [-0.39, 0.29) is 0 Å². The fraction of sp³-hybridized carbons (Fsp3) is 0.706. The van der Waals surface area contributed by atoms with Crippen LogP contribution in [0.1, 0.15) is 57.1 Å². The Balaban J connectivity index is 1.77. The van der Waals surface area contributed by atoms with Crippen molar-refractivity contribution in [2.75, 3.05) is 18.5 Å². The Labute approximate surface area is 132 Å². The lowest BCUT2D eigenvalue weighted by molar-refractivity contribution is 0.126. The van der Waals surface area contributed by atoms with Crippen LogP contribution in [0.2, 0.25) is 0 Å². The number of aromatic nitrogens is 1. The van der Waals surface area contributed by atoms with Crippen molar-refractivity contribution in [3.05, 3.63) is 30.1 Å². The van der Waals surface area contributed by atoms with Gasteiger partial charge in [-0.15, -0.1) is 0 Å². The maximum atomic E-state index is 5.65. The van der Waals surface area contributed by atoms with E-state index in [4.69, 9.17) is 4.74 Å². The molecular weight excluding hydrogens is 314 g/mol. The Morgan fingerprint density at radius 1 is 0.850 bits per heavy atom. The van der Waals surface area contributed by atoms with Gasteiger partial charge in [0.25, 0.3) is 0 Å². The number of ether oxygens (including phenoxy) is 1. The summed E-state index contributed by atoms with van der Waals surface area (Å²) in [5.74, 6) is 0. The molecule has 0 bridgehead atoms. The van der Waals surface area contributed by atoms with Crippen molar-refractivity contribution in [2.24, 2.45) is 0 Å². The molecule has 0 spiro atoms. The van der Waals surface area contributed by atoms with E-state index in [0.29, 0.717) is 0 Å². The highest BCUT2D eigenvalue weighted by atomic mass is 79.9. The lowest BCUT2D eigenvalue weighted by atomic mass is 10.1. The normalized spacial score (nSPS) is 10.8. The number of aryl methyl sites for hydroxylation is 1. The van der Waals surface area contributed by atoms with Crippen molar-refractivity contribution in [2.45, 2.75) is 57.8 Å². The van der Waals surface area contributed by atoms with Crippen LogP contribution in [0.25, 0.3) is 0 Å². The fourth-order valence-corrected chi connectivity index (χ4v) is 2.56. The average molecular weight is 342 g/mol. The van der Waals surface area contributed by atoms with Crippen molar-refractivity contribution >= 4 is 15.9 Å². The first-order valence-electron chi connectivity index (χ1n) is 7.97. The molecule has 0 aromatic carbocycles. The van der Waals surface area contributed by atoms with E-state index in [1.54, 1.807) is 0 Å². The molecular formula is C17H28BrNO. The van der Waals surface area contributed by atoms with E-state index in [1.165, 1.54) is 57.1 Å². The molecule has 1 aromatic heterocycles. The quantitative estimate of drug-likeness (QED) is 0.365. The van der Waals surface area contributed by atoms with E-state index < -0.39 is 0 Å². The van der Waals surface area contributed by atoms with Gasteiger partial charge in [-0.2, -0.15) is 0 Å². The monoisotopic (exact) mass is 341 g/mol. The van der Waals surface area contributed by atoms with E-state index in [9.17, 15) is 0 Å². The van der Waals surface area contributed by atoms with E-state index in [2.05, 4.69) is 33.0 Å². The van der Waals surface area contributed by atoms with Gasteiger partial charge in [-0.05, 0) is 44.2 Å². The Kier molecular flexibility index (Phi) is 12.0. The Hall–Kier alpha value is -0.410. The van der Waals surface area contributed by atoms with Gasteiger partial charge in [0, 0.05) is 30.4 Å². The van der Waals surface area contributed by atoms with Crippen LogP contribution in [-0.4, -0.2) is 23.5 Å². The molecule has 0 saturated carbocycles. The third-order valence-corrected chi connectivity index (χ3v) is 3.93. The largest absolute Gasteiger partial charge is 0.381 e. The second-order valence-electron chi connectivity index (χ2n) is 5.20. The summed E-state index contributed by atoms with van der Waals surface area (Å²) in [7, 11) is 0. The molecule has 0 aliphatic carbocycles. The van der Waals surface area contributed by atoms with Gasteiger partial charge in [0.05, 0.1) is 0 Å². The molecule has 0 aliphatic heterocycles. The smallest absolute Gasteiger partial charge is 0.0466 e. The van der Waals surface area contributed by atoms with Gasteiger partial charge in [0.2, 0.25) is 0 Å². The molecule has 0 aliphatic rings. The van der Waals surface area contributed by atoms with Gasteiger partial charge in [-0.1, -0.05) is 47.7 Å². The summed E-state index contributed by atoms with van der Waals surface area (Å²) in [4.78, 5) is 4.34. The number of halogens is 1. The number of rotatable bonds is 13. The second-order valence-corrected chi connectivity index (χ2v) is 5.99. The minimum absolute atomic E-state index is 0.933. The Bertz CT molecular complexity index is 305. The highest BCUT2D eigenvalue weighted by Crippen LogP contribution is 2.06. The lowest BCUT2D eigenvalue weighted by Gasteiger charge is -2.04. The number of alkyl halides is 1. The number of hydrogen-bond acceptors (Lipinski definition) is 2. The Morgan fingerprint density at radius 3 is 2.20 bits per heavy atom. The summed E-state index contributed by atoms with van der Waals surface area (Å²) in [5.41, 5.74) is 1.22. The van der Waals surface area contributed by atoms with Gasteiger partial charge in [0.1, 0.15) is 0 Å².